The second-order valence-electron chi connectivity index (χ2n) is 7.13. The van der Waals surface area contributed by atoms with Crippen LogP contribution in [-0.4, -0.2) is 47.3 Å². The van der Waals surface area contributed by atoms with Gasteiger partial charge in [0.1, 0.15) is 35.8 Å². The Balaban J connectivity index is 1.47. The van der Waals surface area contributed by atoms with E-state index in [4.69, 9.17) is 4.74 Å². The summed E-state index contributed by atoms with van der Waals surface area (Å²) in [6.07, 6.45) is 2.05. The first-order chi connectivity index (χ1) is 15.5. The van der Waals surface area contributed by atoms with Crippen molar-refractivity contribution in [3.63, 3.8) is 0 Å². The second kappa shape index (κ2) is 7.94. The molecule has 1 aliphatic rings. The number of alkyl halides is 3. The highest BCUT2D eigenvalue weighted by Crippen LogP contribution is 2.31. The Morgan fingerprint density at radius 2 is 2.03 bits per heavy atom. The largest absolute Gasteiger partial charge is 0.491 e. The van der Waals surface area contributed by atoms with Crippen molar-refractivity contribution >= 4 is 5.82 Å². The van der Waals surface area contributed by atoms with Gasteiger partial charge in [-0.15, -0.1) is 0 Å². The predicted octanol–water partition coefficient (Wildman–Crippen LogP) is 3.03. The van der Waals surface area contributed by atoms with Crippen molar-refractivity contribution in [1.82, 2.24) is 34.5 Å². The number of rotatable bonds is 5. The van der Waals surface area contributed by atoms with Crippen LogP contribution >= 0.6 is 0 Å². The molecule has 32 heavy (non-hydrogen) atoms. The number of nitrogens with one attached hydrogen (secondary N) is 1. The molecule has 1 N–H and O–H groups in total. The van der Waals surface area contributed by atoms with Gasteiger partial charge < -0.3 is 10.1 Å². The van der Waals surface area contributed by atoms with E-state index in [0.29, 0.717) is 42.5 Å². The molecule has 0 fully saturated rings. The van der Waals surface area contributed by atoms with Gasteiger partial charge in [-0.1, -0.05) is 6.07 Å². The molecule has 12 heteroatoms. The molecule has 0 atom stereocenters. The molecule has 9 nitrogen and oxygen atoms in total. The zero-order valence-electron chi connectivity index (χ0n) is 16.6. The van der Waals surface area contributed by atoms with Gasteiger partial charge in [0.15, 0.2) is 5.82 Å². The maximum atomic E-state index is 12.9. The smallest absolute Gasteiger partial charge is 0.408 e. The van der Waals surface area contributed by atoms with Gasteiger partial charge in [0.2, 0.25) is 0 Å². The Hall–Kier alpha value is -3.96. The fourth-order valence-electron chi connectivity index (χ4n) is 3.47. The zero-order chi connectivity index (χ0) is 22.1. The first kappa shape index (κ1) is 20.0. The van der Waals surface area contributed by atoms with Crippen LogP contribution in [0.5, 0.6) is 5.75 Å². The molecule has 3 aromatic heterocycles. The van der Waals surface area contributed by atoms with Crippen molar-refractivity contribution in [2.45, 2.75) is 25.7 Å². The summed E-state index contributed by atoms with van der Waals surface area (Å²) in [5.74, 6) is 1.34. The standard InChI is InChI=1S/C20H17F3N8O/c21-20(22,23)11-30-19(27-12-28-30)15-8-14-3-6-32-17-2-1-13(7-16(17)31(14)29-15)9-26-18-10-24-4-5-25-18/h1-2,4-5,7-8,10,12H,3,6,9,11H2,(H,25,26). The molecule has 0 saturated heterocycles. The normalized spacial score (nSPS) is 13.1. The van der Waals surface area contributed by atoms with Gasteiger partial charge in [-0.05, 0) is 23.8 Å². The molecule has 4 heterocycles. The Morgan fingerprint density at radius 1 is 1.12 bits per heavy atom. The number of fused-ring (bicyclic) bond motifs is 3. The molecule has 0 unspecified atom stereocenters. The lowest BCUT2D eigenvalue weighted by molar-refractivity contribution is -0.142. The van der Waals surface area contributed by atoms with E-state index >= 15 is 0 Å². The van der Waals surface area contributed by atoms with Crippen LogP contribution in [0.1, 0.15) is 11.3 Å². The average molecular weight is 442 g/mol. The van der Waals surface area contributed by atoms with E-state index in [2.05, 4.69) is 30.5 Å². The molecule has 0 spiro atoms. The van der Waals surface area contributed by atoms with Gasteiger partial charge in [0, 0.05) is 31.1 Å². The third-order valence-electron chi connectivity index (χ3n) is 4.86. The van der Waals surface area contributed by atoms with Crippen LogP contribution in [-0.2, 0) is 19.5 Å². The molecule has 164 valence electrons. The maximum Gasteiger partial charge on any atom is 0.408 e. The summed E-state index contributed by atoms with van der Waals surface area (Å²) in [4.78, 5) is 12.2. The first-order valence-corrected chi connectivity index (χ1v) is 9.76. The number of ether oxygens (including phenoxy) is 1. The van der Waals surface area contributed by atoms with E-state index in [1.54, 1.807) is 29.3 Å². The lowest BCUT2D eigenvalue weighted by Crippen LogP contribution is -2.19. The first-order valence-electron chi connectivity index (χ1n) is 9.76. The highest BCUT2D eigenvalue weighted by atomic mass is 19.4. The molecule has 4 aromatic rings. The highest BCUT2D eigenvalue weighted by Gasteiger charge is 2.31. The van der Waals surface area contributed by atoms with Crippen molar-refractivity contribution in [3.05, 3.63) is 60.4 Å². The minimum atomic E-state index is -4.41. The van der Waals surface area contributed by atoms with Gasteiger partial charge in [-0.25, -0.2) is 19.3 Å². The second-order valence-corrected chi connectivity index (χ2v) is 7.13. The van der Waals surface area contributed by atoms with Gasteiger partial charge in [0.25, 0.3) is 0 Å². The van der Waals surface area contributed by atoms with E-state index in [1.165, 1.54) is 0 Å². The van der Waals surface area contributed by atoms with Gasteiger partial charge in [0.05, 0.1) is 12.8 Å². The van der Waals surface area contributed by atoms with Crippen molar-refractivity contribution in [2.24, 2.45) is 0 Å². The molecule has 0 amide bonds. The van der Waals surface area contributed by atoms with Crippen molar-refractivity contribution in [1.29, 1.82) is 0 Å². The molecule has 1 aromatic carbocycles. The number of nitrogens with zero attached hydrogens (tertiary/aromatic N) is 7. The van der Waals surface area contributed by atoms with Gasteiger partial charge in [-0.3, -0.25) is 4.98 Å². The summed E-state index contributed by atoms with van der Waals surface area (Å²) in [5.41, 5.74) is 2.77. The van der Waals surface area contributed by atoms with E-state index < -0.39 is 12.7 Å². The van der Waals surface area contributed by atoms with Gasteiger partial charge >= 0.3 is 6.18 Å². The van der Waals surface area contributed by atoms with Crippen LogP contribution in [0.2, 0.25) is 0 Å². The average Bonchev–Trinajstić information content (AvgIpc) is 3.35. The minimum absolute atomic E-state index is 0.0610. The third-order valence-corrected chi connectivity index (χ3v) is 4.86. The van der Waals surface area contributed by atoms with Crippen LogP contribution in [0.4, 0.5) is 19.0 Å². The Kier molecular flexibility index (Phi) is 4.96. The summed E-state index contributed by atoms with van der Waals surface area (Å²) < 4.78 is 47.0. The van der Waals surface area contributed by atoms with Crippen molar-refractivity contribution < 1.29 is 17.9 Å². The topological polar surface area (TPSA) is 95.6 Å². The lowest BCUT2D eigenvalue weighted by atomic mass is 10.2. The van der Waals surface area contributed by atoms with Crippen LogP contribution in [0.15, 0.2) is 49.2 Å². The Labute approximate surface area is 179 Å². The molecular formula is C20H17F3N8O. The number of hydrogen-bond donors (Lipinski definition) is 1. The lowest BCUT2D eigenvalue weighted by Gasteiger charge is -2.12. The predicted molar refractivity (Wildman–Crippen MR) is 107 cm³/mol. The Bertz CT molecular complexity index is 1240. The molecule has 0 bridgehead atoms. The van der Waals surface area contributed by atoms with E-state index in [1.807, 2.05) is 18.2 Å². The van der Waals surface area contributed by atoms with Crippen LogP contribution in [0.3, 0.4) is 0 Å². The van der Waals surface area contributed by atoms with Crippen molar-refractivity contribution in [2.75, 3.05) is 11.9 Å². The summed E-state index contributed by atoms with van der Waals surface area (Å²) in [6, 6.07) is 7.42. The number of benzene rings is 1. The molecular weight excluding hydrogens is 425 g/mol. The quantitative estimate of drug-likeness (QED) is 0.508. The van der Waals surface area contributed by atoms with E-state index in [0.717, 1.165) is 22.3 Å². The number of aromatic nitrogens is 7. The van der Waals surface area contributed by atoms with Crippen LogP contribution in [0.25, 0.3) is 17.2 Å². The number of anilines is 1. The van der Waals surface area contributed by atoms with E-state index in [9.17, 15) is 13.2 Å². The summed E-state index contributed by atoms with van der Waals surface area (Å²) in [6.45, 7) is -0.317. The third kappa shape index (κ3) is 4.11. The molecule has 0 aliphatic carbocycles. The molecule has 1 aliphatic heterocycles. The van der Waals surface area contributed by atoms with Crippen LogP contribution < -0.4 is 10.1 Å². The maximum absolute atomic E-state index is 12.9. The molecule has 5 rings (SSSR count). The SMILES string of the molecule is FC(F)(F)Cn1ncnc1-c1cc2n(n1)-c1cc(CNc3cnccn3)ccc1OCC2. The number of halogens is 3. The van der Waals surface area contributed by atoms with E-state index in [-0.39, 0.29) is 5.82 Å². The highest BCUT2D eigenvalue weighted by molar-refractivity contribution is 5.56. The fraction of sp³-hybridized carbons (Fsp3) is 0.250. The fourth-order valence-corrected chi connectivity index (χ4v) is 3.47. The summed E-state index contributed by atoms with van der Waals surface area (Å²) in [5, 5.41) is 11.4. The molecule has 0 saturated carbocycles. The van der Waals surface area contributed by atoms with Crippen molar-refractivity contribution in [3.8, 4) is 23.0 Å². The van der Waals surface area contributed by atoms with Gasteiger partial charge in [-0.2, -0.15) is 23.4 Å². The minimum Gasteiger partial charge on any atom is -0.491 e. The summed E-state index contributed by atoms with van der Waals surface area (Å²) in [7, 11) is 0. The number of hydrogen-bond acceptors (Lipinski definition) is 7. The zero-order valence-corrected chi connectivity index (χ0v) is 16.6. The molecule has 0 radical (unpaired) electrons. The Morgan fingerprint density at radius 3 is 2.84 bits per heavy atom. The van der Waals surface area contributed by atoms with Crippen LogP contribution in [0, 0.1) is 0 Å². The summed E-state index contributed by atoms with van der Waals surface area (Å²) >= 11 is 0. The monoisotopic (exact) mass is 442 g/mol.